The van der Waals surface area contributed by atoms with Crippen molar-refractivity contribution in [1.29, 1.82) is 0 Å². The van der Waals surface area contributed by atoms with Crippen molar-refractivity contribution >= 4 is 39.7 Å². The molecular formula is C18H22ClN3O3S2. The Morgan fingerprint density at radius 1 is 1.11 bits per heavy atom. The van der Waals surface area contributed by atoms with Gasteiger partial charge in [0.05, 0.1) is 4.90 Å². The minimum Gasteiger partial charge on any atom is -0.336 e. The van der Waals surface area contributed by atoms with E-state index in [1.807, 2.05) is 11.4 Å². The van der Waals surface area contributed by atoms with E-state index in [4.69, 9.17) is 0 Å². The monoisotopic (exact) mass is 427 g/mol. The summed E-state index contributed by atoms with van der Waals surface area (Å²) in [6.07, 6.45) is 0.742. The fourth-order valence-corrected chi connectivity index (χ4v) is 5.77. The number of nitrogens with one attached hydrogen (secondary N) is 1. The normalized spacial score (nSPS) is 17.9. The molecule has 27 heavy (non-hydrogen) atoms. The molecule has 0 radical (unpaired) electrons. The predicted octanol–water partition coefficient (Wildman–Crippen LogP) is 1.96. The minimum absolute atomic E-state index is 0. The van der Waals surface area contributed by atoms with Crippen molar-refractivity contribution in [3.8, 4) is 0 Å². The van der Waals surface area contributed by atoms with Crippen LogP contribution in [0.1, 0.15) is 20.8 Å². The summed E-state index contributed by atoms with van der Waals surface area (Å²) in [6, 6.07) is 8.43. The molecule has 0 unspecified atom stereocenters. The van der Waals surface area contributed by atoms with Gasteiger partial charge in [0.15, 0.2) is 0 Å². The summed E-state index contributed by atoms with van der Waals surface area (Å²) in [7, 11) is -3.61. The Morgan fingerprint density at radius 3 is 2.67 bits per heavy atom. The first-order valence-corrected chi connectivity index (χ1v) is 11.0. The maximum absolute atomic E-state index is 13.1. The zero-order valence-corrected chi connectivity index (χ0v) is 17.2. The number of thiophene rings is 1. The van der Waals surface area contributed by atoms with Crippen LogP contribution in [0.25, 0.3) is 0 Å². The van der Waals surface area contributed by atoms with Crippen molar-refractivity contribution < 1.29 is 13.2 Å². The number of fused-ring (bicyclic) bond motifs is 1. The number of halogens is 1. The zero-order chi connectivity index (χ0) is 18.1. The number of nitrogens with zero attached hydrogens (tertiary/aromatic N) is 2. The minimum atomic E-state index is -3.61. The van der Waals surface area contributed by atoms with E-state index < -0.39 is 10.0 Å². The summed E-state index contributed by atoms with van der Waals surface area (Å²) in [5, 5.41) is 5.22. The molecule has 0 saturated carbocycles. The van der Waals surface area contributed by atoms with Gasteiger partial charge in [-0.25, -0.2) is 8.42 Å². The van der Waals surface area contributed by atoms with Crippen LogP contribution in [0.3, 0.4) is 0 Å². The smallest absolute Gasteiger partial charge is 0.253 e. The van der Waals surface area contributed by atoms with E-state index in [-0.39, 0.29) is 23.2 Å². The highest BCUT2D eigenvalue weighted by molar-refractivity contribution is 7.89. The average Bonchev–Trinajstić information content (AvgIpc) is 3.16. The maximum atomic E-state index is 13.1. The van der Waals surface area contributed by atoms with Crippen molar-refractivity contribution in [2.75, 3.05) is 32.7 Å². The van der Waals surface area contributed by atoms with E-state index >= 15 is 0 Å². The van der Waals surface area contributed by atoms with E-state index in [1.54, 1.807) is 34.4 Å². The number of amides is 1. The molecule has 1 saturated heterocycles. The highest BCUT2D eigenvalue weighted by Gasteiger charge is 2.29. The second-order valence-electron chi connectivity index (χ2n) is 6.53. The molecule has 3 heterocycles. The topological polar surface area (TPSA) is 69.7 Å². The second kappa shape index (κ2) is 8.28. The summed E-state index contributed by atoms with van der Waals surface area (Å²) in [5.41, 5.74) is 1.51. The zero-order valence-electron chi connectivity index (χ0n) is 14.8. The Bertz CT molecular complexity index is 923. The molecule has 2 aliphatic rings. The lowest BCUT2D eigenvalue weighted by molar-refractivity contribution is 0.0735. The van der Waals surface area contributed by atoms with E-state index in [0.29, 0.717) is 31.7 Å². The van der Waals surface area contributed by atoms with E-state index in [9.17, 15) is 13.2 Å². The van der Waals surface area contributed by atoms with Crippen LogP contribution in [0.2, 0.25) is 0 Å². The maximum Gasteiger partial charge on any atom is 0.253 e. The lowest BCUT2D eigenvalue weighted by atomic mass is 10.1. The molecule has 0 aliphatic carbocycles. The van der Waals surface area contributed by atoms with Gasteiger partial charge in [0.25, 0.3) is 5.91 Å². The van der Waals surface area contributed by atoms with Crippen LogP contribution in [-0.2, 0) is 23.0 Å². The van der Waals surface area contributed by atoms with Crippen LogP contribution in [-0.4, -0.2) is 56.3 Å². The van der Waals surface area contributed by atoms with Crippen molar-refractivity contribution in [2.24, 2.45) is 0 Å². The molecule has 0 bridgehead atoms. The van der Waals surface area contributed by atoms with E-state index in [1.165, 1.54) is 15.2 Å². The first-order valence-electron chi connectivity index (χ1n) is 8.71. The van der Waals surface area contributed by atoms with E-state index in [0.717, 1.165) is 25.1 Å². The van der Waals surface area contributed by atoms with Gasteiger partial charge in [-0.2, -0.15) is 4.31 Å². The van der Waals surface area contributed by atoms with Gasteiger partial charge in [0, 0.05) is 49.7 Å². The van der Waals surface area contributed by atoms with Crippen LogP contribution in [0.4, 0.5) is 0 Å². The van der Waals surface area contributed by atoms with Gasteiger partial charge in [0.1, 0.15) is 0 Å². The third-order valence-corrected chi connectivity index (χ3v) is 7.76. The Morgan fingerprint density at radius 2 is 1.89 bits per heavy atom. The lowest BCUT2D eigenvalue weighted by Gasteiger charge is -2.28. The summed E-state index contributed by atoms with van der Waals surface area (Å²) in [6.45, 7) is 3.69. The molecular weight excluding hydrogens is 406 g/mol. The number of carbonyl (C=O) groups is 1. The standard InChI is InChI=1S/C18H21N3O3S2.ClH/c22-18(20-9-6-19-7-10-20)14-2-1-3-16(12-14)26(23,24)21-8-4-17-15(13-21)5-11-25-17;/h1-3,5,11-12,19H,4,6-10,13H2;1H. The largest absolute Gasteiger partial charge is 0.336 e. The number of hydrogen-bond donors (Lipinski definition) is 1. The Labute approximate surface area is 169 Å². The molecule has 146 valence electrons. The van der Waals surface area contributed by atoms with Crippen LogP contribution in [0.15, 0.2) is 40.6 Å². The van der Waals surface area contributed by atoms with Gasteiger partial charge in [-0.05, 0) is 41.6 Å². The SMILES string of the molecule is Cl.O=C(c1cccc(S(=O)(=O)N2CCc3sccc3C2)c1)N1CCNCC1. The van der Waals surface area contributed by atoms with Gasteiger partial charge in [-0.1, -0.05) is 6.07 Å². The quantitative estimate of drug-likeness (QED) is 0.812. The van der Waals surface area contributed by atoms with E-state index in [2.05, 4.69) is 5.32 Å². The fourth-order valence-electron chi connectivity index (χ4n) is 3.42. The lowest BCUT2D eigenvalue weighted by Crippen LogP contribution is -2.46. The first-order chi connectivity index (χ1) is 12.6. The predicted molar refractivity (Wildman–Crippen MR) is 108 cm³/mol. The highest BCUT2D eigenvalue weighted by Crippen LogP contribution is 2.28. The third kappa shape index (κ3) is 4.05. The Hall–Kier alpha value is -1.45. The molecule has 1 fully saturated rings. The number of hydrogen-bond acceptors (Lipinski definition) is 5. The molecule has 1 aromatic carbocycles. The van der Waals surface area contributed by atoms with Crippen molar-refractivity contribution in [3.05, 3.63) is 51.7 Å². The number of benzene rings is 1. The molecule has 0 spiro atoms. The third-order valence-electron chi connectivity index (χ3n) is 4.90. The van der Waals surface area contributed by atoms with Crippen molar-refractivity contribution in [1.82, 2.24) is 14.5 Å². The van der Waals surface area contributed by atoms with Crippen LogP contribution in [0.5, 0.6) is 0 Å². The van der Waals surface area contributed by atoms with Gasteiger partial charge in [-0.3, -0.25) is 4.79 Å². The van der Waals surface area contributed by atoms with Gasteiger partial charge in [0.2, 0.25) is 10.0 Å². The molecule has 9 heteroatoms. The van der Waals surface area contributed by atoms with Crippen molar-refractivity contribution in [2.45, 2.75) is 17.9 Å². The molecule has 1 amide bonds. The van der Waals surface area contributed by atoms with Gasteiger partial charge in [-0.15, -0.1) is 23.7 Å². The molecule has 6 nitrogen and oxygen atoms in total. The molecule has 1 aromatic heterocycles. The number of rotatable bonds is 3. The summed E-state index contributed by atoms with van der Waals surface area (Å²) in [5.74, 6) is -0.109. The van der Waals surface area contributed by atoms with Gasteiger partial charge >= 0.3 is 0 Å². The highest BCUT2D eigenvalue weighted by atomic mass is 35.5. The molecule has 4 rings (SSSR count). The summed E-state index contributed by atoms with van der Waals surface area (Å²) in [4.78, 5) is 15.9. The number of carbonyl (C=O) groups excluding carboxylic acids is 1. The molecule has 2 aromatic rings. The summed E-state index contributed by atoms with van der Waals surface area (Å²) >= 11 is 1.68. The number of piperazine rings is 1. The second-order valence-corrected chi connectivity index (χ2v) is 9.47. The molecule has 1 N–H and O–H groups in total. The van der Waals surface area contributed by atoms with Crippen LogP contribution in [0, 0.1) is 0 Å². The Balaban J connectivity index is 0.00000210. The fraction of sp³-hybridized carbons (Fsp3) is 0.389. The van der Waals surface area contributed by atoms with Crippen LogP contribution < -0.4 is 5.32 Å². The van der Waals surface area contributed by atoms with Gasteiger partial charge < -0.3 is 10.2 Å². The Kier molecular flexibility index (Phi) is 6.22. The summed E-state index contributed by atoms with van der Waals surface area (Å²) < 4.78 is 27.6. The van der Waals surface area contributed by atoms with Crippen LogP contribution >= 0.6 is 23.7 Å². The number of sulfonamides is 1. The molecule has 0 atom stereocenters. The first kappa shape index (κ1) is 20.3. The molecule has 2 aliphatic heterocycles. The van der Waals surface area contributed by atoms with Crippen molar-refractivity contribution in [3.63, 3.8) is 0 Å². The average molecular weight is 428 g/mol.